The molecule has 0 aromatic rings. The summed E-state index contributed by atoms with van der Waals surface area (Å²) in [7, 11) is 0. The van der Waals surface area contributed by atoms with E-state index in [-0.39, 0.29) is 12.1 Å². The smallest absolute Gasteiger partial charge is 0.407 e. The van der Waals surface area contributed by atoms with Gasteiger partial charge in [0.1, 0.15) is 0 Å². The van der Waals surface area contributed by atoms with E-state index in [1.165, 1.54) is 4.90 Å². The first kappa shape index (κ1) is 11.3. The largest absolute Gasteiger partial charge is 0.465 e. The highest BCUT2D eigenvalue weighted by molar-refractivity contribution is 5.65. The molecule has 1 fully saturated rings. The van der Waals surface area contributed by atoms with Crippen molar-refractivity contribution in [1.82, 2.24) is 4.90 Å². The fraction of sp³-hybridized carbons (Fsp3) is 0.900. The minimum atomic E-state index is -0.819. The normalized spacial score (nSPS) is 23.9. The Kier molecular flexibility index (Phi) is 4.20. The molecular formula is C10H19NO3. The van der Waals surface area contributed by atoms with Crippen molar-refractivity contribution in [3.63, 3.8) is 0 Å². The molecule has 1 N–H and O–H groups in total. The second kappa shape index (κ2) is 5.20. The maximum Gasteiger partial charge on any atom is 0.407 e. The average Bonchev–Trinajstić information content (AvgIpc) is 2.62. The highest BCUT2D eigenvalue weighted by atomic mass is 16.5. The van der Waals surface area contributed by atoms with Crippen molar-refractivity contribution in [1.29, 1.82) is 0 Å². The van der Waals surface area contributed by atoms with Crippen LogP contribution < -0.4 is 0 Å². The predicted molar refractivity (Wildman–Crippen MR) is 53.5 cm³/mol. The number of hydrogen-bond acceptors (Lipinski definition) is 2. The van der Waals surface area contributed by atoms with E-state index in [4.69, 9.17) is 9.84 Å². The SMILES string of the molecule is CCC(C)OC[C@@H]1CCCN1C(=O)O. The Morgan fingerprint density at radius 2 is 2.43 bits per heavy atom. The molecule has 1 aliphatic heterocycles. The Labute approximate surface area is 84.8 Å². The van der Waals surface area contributed by atoms with Crippen LogP contribution in [0, 0.1) is 0 Å². The molecule has 0 aliphatic carbocycles. The van der Waals surface area contributed by atoms with Gasteiger partial charge in [0.15, 0.2) is 0 Å². The van der Waals surface area contributed by atoms with Gasteiger partial charge in [-0.3, -0.25) is 0 Å². The molecule has 0 aromatic heterocycles. The maximum atomic E-state index is 10.8. The van der Waals surface area contributed by atoms with Gasteiger partial charge in [-0.1, -0.05) is 6.92 Å². The molecule has 0 radical (unpaired) electrons. The molecule has 0 spiro atoms. The molecule has 1 aliphatic rings. The molecule has 0 saturated carbocycles. The van der Waals surface area contributed by atoms with Crippen LogP contribution in [0.25, 0.3) is 0 Å². The fourth-order valence-corrected chi connectivity index (χ4v) is 1.65. The number of ether oxygens (including phenoxy) is 1. The van der Waals surface area contributed by atoms with E-state index in [0.29, 0.717) is 13.2 Å². The van der Waals surface area contributed by atoms with Crippen molar-refractivity contribution in [2.24, 2.45) is 0 Å². The summed E-state index contributed by atoms with van der Waals surface area (Å²) >= 11 is 0. The Morgan fingerprint density at radius 3 is 3.00 bits per heavy atom. The number of nitrogens with zero attached hydrogens (tertiary/aromatic N) is 1. The zero-order valence-electron chi connectivity index (χ0n) is 8.90. The molecule has 1 unspecified atom stereocenters. The lowest BCUT2D eigenvalue weighted by Gasteiger charge is -2.22. The van der Waals surface area contributed by atoms with Crippen molar-refractivity contribution < 1.29 is 14.6 Å². The van der Waals surface area contributed by atoms with E-state index in [1.807, 2.05) is 6.92 Å². The van der Waals surface area contributed by atoms with Gasteiger partial charge in [-0.05, 0) is 26.2 Å². The van der Waals surface area contributed by atoms with E-state index >= 15 is 0 Å². The molecule has 1 heterocycles. The lowest BCUT2D eigenvalue weighted by atomic mass is 10.2. The van der Waals surface area contributed by atoms with Crippen LogP contribution in [-0.2, 0) is 4.74 Å². The van der Waals surface area contributed by atoms with Gasteiger partial charge in [-0.25, -0.2) is 4.79 Å². The number of amides is 1. The highest BCUT2D eigenvalue weighted by Crippen LogP contribution is 2.18. The first-order chi connectivity index (χ1) is 6.65. The molecule has 14 heavy (non-hydrogen) atoms. The van der Waals surface area contributed by atoms with Gasteiger partial charge in [0, 0.05) is 6.54 Å². The highest BCUT2D eigenvalue weighted by Gasteiger charge is 2.28. The lowest BCUT2D eigenvalue weighted by Crippen LogP contribution is -2.37. The minimum Gasteiger partial charge on any atom is -0.465 e. The van der Waals surface area contributed by atoms with E-state index < -0.39 is 6.09 Å². The van der Waals surface area contributed by atoms with Crippen molar-refractivity contribution >= 4 is 6.09 Å². The van der Waals surface area contributed by atoms with Gasteiger partial charge >= 0.3 is 6.09 Å². The monoisotopic (exact) mass is 201 g/mol. The third-order valence-corrected chi connectivity index (χ3v) is 2.77. The number of likely N-dealkylation sites (tertiary alicyclic amines) is 1. The van der Waals surface area contributed by atoms with Crippen molar-refractivity contribution in [3.8, 4) is 0 Å². The second-order valence-corrected chi connectivity index (χ2v) is 3.82. The molecular weight excluding hydrogens is 182 g/mol. The first-order valence-electron chi connectivity index (χ1n) is 5.26. The summed E-state index contributed by atoms with van der Waals surface area (Å²) in [4.78, 5) is 12.3. The molecule has 0 aromatic carbocycles. The fourth-order valence-electron chi connectivity index (χ4n) is 1.65. The third kappa shape index (κ3) is 2.87. The van der Waals surface area contributed by atoms with Gasteiger partial charge in [-0.15, -0.1) is 0 Å². The van der Waals surface area contributed by atoms with Crippen LogP contribution in [0.5, 0.6) is 0 Å². The van der Waals surface area contributed by atoms with E-state index in [9.17, 15) is 4.79 Å². The topological polar surface area (TPSA) is 49.8 Å². The van der Waals surface area contributed by atoms with Crippen LogP contribution >= 0.6 is 0 Å². The maximum absolute atomic E-state index is 10.8. The zero-order valence-corrected chi connectivity index (χ0v) is 8.90. The van der Waals surface area contributed by atoms with Crippen molar-refractivity contribution in [3.05, 3.63) is 0 Å². The Balaban J connectivity index is 2.32. The third-order valence-electron chi connectivity index (χ3n) is 2.77. The molecule has 0 bridgehead atoms. The molecule has 1 amide bonds. The molecule has 1 saturated heterocycles. The standard InChI is InChI=1S/C10H19NO3/c1-3-8(2)14-7-9-5-4-6-11(9)10(12)13/h8-9H,3-7H2,1-2H3,(H,12,13)/t8?,9-/m0/s1. The van der Waals surface area contributed by atoms with Crippen LogP contribution in [0.2, 0.25) is 0 Å². The number of rotatable bonds is 4. The van der Waals surface area contributed by atoms with E-state index in [1.54, 1.807) is 0 Å². The van der Waals surface area contributed by atoms with Crippen molar-refractivity contribution in [2.45, 2.75) is 45.3 Å². The summed E-state index contributed by atoms with van der Waals surface area (Å²) in [6.07, 6.45) is 2.27. The quantitative estimate of drug-likeness (QED) is 0.756. The summed E-state index contributed by atoms with van der Waals surface area (Å²) in [5.41, 5.74) is 0. The second-order valence-electron chi connectivity index (χ2n) is 3.82. The van der Waals surface area contributed by atoms with Crippen LogP contribution in [0.1, 0.15) is 33.1 Å². The summed E-state index contributed by atoms with van der Waals surface area (Å²) < 4.78 is 5.55. The summed E-state index contributed by atoms with van der Waals surface area (Å²) in [6.45, 7) is 5.28. The van der Waals surface area contributed by atoms with Gasteiger partial charge in [0.25, 0.3) is 0 Å². The van der Waals surface area contributed by atoms with E-state index in [0.717, 1.165) is 19.3 Å². The van der Waals surface area contributed by atoms with E-state index in [2.05, 4.69) is 6.92 Å². The van der Waals surface area contributed by atoms with Gasteiger partial charge in [-0.2, -0.15) is 0 Å². The Morgan fingerprint density at radius 1 is 1.71 bits per heavy atom. The van der Waals surface area contributed by atoms with Gasteiger partial charge in [0.2, 0.25) is 0 Å². The first-order valence-corrected chi connectivity index (χ1v) is 5.26. The lowest BCUT2D eigenvalue weighted by molar-refractivity contribution is 0.0275. The predicted octanol–water partition coefficient (Wildman–Crippen LogP) is 1.94. The molecule has 4 nitrogen and oxygen atoms in total. The number of carboxylic acid groups (broad SMARTS) is 1. The molecule has 82 valence electrons. The van der Waals surface area contributed by atoms with Gasteiger partial charge in [0.05, 0.1) is 18.8 Å². The van der Waals surface area contributed by atoms with Crippen molar-refractivity contribution in [2.75, 3.05) is 13.2 Å². The van der Waals surface area contributed by atoms with Gasteiger partial charge < -0.3 is 14.7 Å². The Hall–Kier alpha value is -0.770. The summed E-state index contributed by atoms with van der Waals surface area (Å²) in [5.74, 6) is 0. The van der Waals surface area contributed by atoms with Crippen LogP contribution in [0.15, 0.2) is 0 Å². The molecule has 1 rings (SSSR count). The van der Waals surface area contributed by atoms with Crippen LogP contribution in [0.4, 0.5) is 4.79 Å². The average molecular weight is 201 g/mol. The minimum absolute atomic E-state index is 0.0708. The molecule has 2 atom stereocenters. The zero-order chi connectivity index (χ0) is 10.6. The number of carbonyl (C=O) groups is 1. The Bertz CT molecular complexity index is 196. The number of hydrogen-bond donors (Lipinski definition) is 1. The van der Waals surface area contributed by atoms with Crippen LogP contribution in [-0.4, -0.2) is 41.4 Å². The summed E-state index contributed by atoms with van der Waals surface area (Å²) in [6, 6.07) is 0.0708. The van der Waals surface area contributed by atoms with Crippen LogP contribution in [0.3, 0.4) is 0 Å². The molecule has 4 heteroatoms. The summed E-state index contributed by atoms with van der Waals surface area (Å²) in [5, 5.41) is 8.88.